The largest absolute Gasteiger partial charge is 0.508 e. The van der Waals surface area contributed by atoms with Crippen molar-refractivity contribution in [3.8, 4) is 5.75 Å². The van der Waals surface area contributed by atoms with Crippen molar-refractivity contribution < 1.29 is 24.2 Å². The zero-order valence-electron chi connectivity index (χ0n) is 10.4. The highest BCUT2D eigenvalue weighted by atomic mass is 35.5. The first-order chi connectivity index (χ1) is 9.88. The van der Waals surface area contributed by atoms with Crippen LogP contribution in [0.5, 0.6) is 5.75 Å². The van der Waals surface area contributed by atoms with E-state index in [1.807, 2.05) is 0 Å². The van der Waals surface area contributed by atoms with Gasteiger partial charge in [0.1, 0.15) is 11.6 Å². The van der Waals surface area contributed by atoms with E-state index in [9.17, 15) is 14.0 Å². The van der Waals surface area contributed by atoms with E-state index in [1.165, 1.54) is 18.2 Å². The minimum absolute atomic E-state index is 0.0486. The summed E-state index contributed by atoms with van der Waals surface area (Å²) >= 11 is 5.75. The molecule has 0 aliphatic rings. The third-order valence-electron chi connectivity index (χ3n) is 2.66. The first-order valence-electron chi connectivity index (χ1n) is 5.71. The second-order valence-corrected chi connectivity index (χ2v) is 4.55. The lowest BCUT2D eigenvalue weighted by molar-refractivity contribution is 0.0698. The Morgan fingerprint density at radius 2 is 1.76 bits per heavy atom. The molecule has 0 heterocycles. The molecule has 0 aromatic heterocycles. The monoisotopic (exact) mass is 309 g/mol. The van der Waals surface area contributed by atoms with E-state index >= 15 is 0 Å². The van der Waals surface area contributed by atoms with Gasteiger partial charge in [0, 0.05) is 11.1 Å². The molecule has 2 aromatic rings. The molecule has 0 aliphatic carbocycles. The Labute approximate surface area is 123 Å². The van der Waals surface area contributed by atoms with Crippen LogP contribution in [0, 0.1) is 5.82 Å². The van der Waals surface area contributed by atoms with Crippen molar-refractivity contribution in [3.05, 3.63) is 58.4 Å². The molecular formula is C14H9ClFNO4. The molecule has 2 aromatic carbocycles. The molecule has 0 unspecified atom stereocenters. The van der Waals surface area contributed by atoms with E-state index < -0.39 is 17.7 Å². The number of nitrogens with one attached hydrogen (secondary N) is 1. The van der Waals surface area contributed by atoms with Gasteiger partial charge in [-0.25, -0.2) is 9.18 Å². The van der Waals surface area contributed by atoms with Gasteiger partial charge in [0.2, 0.25) is 0 Å². The van der Waals surface area contributed by atoms with E-state index in [4.69, 9.17) is 21.8 Å². The van der Waals surface area contributed by atoms with E-state index in [0.717, 1.165) is 18.2 Å². The summed E-state index contributed by atoms with van der Waals surface area (Å²) in [7, 11) is 0. The van der Waals surface area contributed by atoms with Gasteiger partial charge in [-0.3, -0.25) is 4.79 Å². The maximum atomic E-state index is 13.6. The Morgan fingerprint density at radius 1 is 1.10 bits per heavy atom. The fourth-order valence-corrected chi connectivity index (χ4v) is 1.86. The number of amides is 1. The predicted octanol–water partition coefficient (Wildman–Crippen LogP) is 3.14. The average Bonchev–Trinajstić information content (AvgIpc) is 2.37. The van der Waals surface area contributed by atoms with E-state index in [-0.39, 0.29) is 27.6 Å². The van der Waals surface area contributed by atoms with Crippen molar-refractivity contribution in [1.82, 2.24) is 0 Å². The SMILES string of the molecule is O=C(Nc1cc(Cl)ccc1C(=O)O)c1ccc(O)cc1F. The quantitative estimate of drug-likeness (QED) is 0.813. The summed E-state index contributed by atoms with van der Waals surface area (Å²) in [4.78, 5) is 23.0. The predicted molar refractivity (Wildman–Crippen MR) is 74.4 cm³/mol. The van der Waals surface area contributed by atoms with Gasteiger partial charge in [-0.2, -0.15) is 0 Å². The number of halogens is 2. The molecule has 21 heavy (non-hydrogen) atoms. The number of carbonyl (C=O) groups is 2. The Hall–Kier alpha value is -2.60. The third-order valence-corrected chi connectivity index (χ3v) is 2.89. The maximum Gasteiger partial charge on any atom is 0.337 e. The average molecular weight is 310 g/mol. The highest BCUT2D eigenvalue weighted by molar-refractivity contribution is 6.31. The van der Waals surface area contributed by atoms with Gasteiger partial charge in [-0.1, -0.05) is 11.6 Å². The molecule has 0 saturated carbocycles. The lowest BCUT2D eigenvalue weighted by atomic mass is 10.1. The number of aromatic carboxylic acids is 1. The van der Waals surface area contributed by atoms with Crippen molar-refractivity contribution in [2.45, 2.75) is 0 Å². The van der Waals surface area contributed by atoms with E-state index in [1.54, 1.807) is 0 Å². The molecule has 0 aliphatic heterocycles. The minimum Gasteiger partial charge on any atom is -0.508 e. The zero-order valence-corrected chi connectivity index (χ0v) is 11.2. The number of benzene rings is 2. The first kappa shape index (κ1) is 14.8. The Kier molecular flexibility index (Phi) is 4.09. The number of rotatable bonds is 3. The number of phenols is 1. The molecule has 0 bridgehead atoms. The molecule has 2 rings (SSSR count). The number of aromatic hydroxyl groups is 1. The van der Waals surface area contributed by atoms with Gasteiger partial charge >= 0.3 is 5.97 Å². The van der Waals surface area contributed by atoms with Gasteiger partial charge < -0.3 is 15.5 Å². The van der Waals surface area contributed by atoms with Gasteiger partial charge in [0.25, 0.3) is 5.91 Å². The zero-order chi connectivity index (χ0) is 15.6. The van der Waals surface area contributed by atoms with Crippen molar-refractivity contribution in [2.75, 3.05) is 5.32 Å². The van der Waals surface area contributed by atoms with Crippen molar-refractivity contribution in [1.29, 1.82) is 0 Å². The number of hydrogen-bond acceptors (Lipinski definition) is 3. The van der Waals surface area contributed by atoms with Crippen LogP contribution in [-0.2, 0) is 0 Å². The fourth-order valence-electron chi connectivity index (χ4n) is 1.68. The highest BCUT2D eigenvalue weighted by Crippen LogP contribution is 2.23. The molecule has 0 spiro atoms. The van der Waals surface area contributed by atoms with E-state index in [0.29, 0.717) is 0 Å². The molecule has 3 N–H and O–H groups in total. The Morgan fingerprint density at radius 3 is 2.38 bits per heavy atom. The Bertz CT molecular complexity index is 733. The molecule has 0 radical (unpaired) electrons. The molecule has 0 fully saturated rings. The third kappa shape index (κ3) is 3.29. The summed E-state index contributed by atoms with van der Waals surface area (Å²) in [6, 6.07) is 6.86. The number of phenolic OH excluding ortho intramolecular Hbond substituents is 1. The van der Waals surface area contributed by atoms with Gasteiger partial charge in [0.15, 0.2) is 0 Å². The minimum atomic E-state index is -1.26. The van der Waals surface area contributed by atoms with Crippen molar-refractivity contribution in [3.63, 3.8) is 0 Å². The van der Waals surface area contributed by atoms with Crippen LogP contribution < -0.4 is 5.32 Å². The summed E-state index contributed by atoms with van der Waals surface area (Å²) < 4.78 is 13.6. The van der Waals surface area contributed by atoms with Crippen LogP contribution in [-0.4, -0.2) is 22.1 Å². The molecule has 108 valence electrons. The molecule has 1 amide bonds. The molecule has 0 atom stereocenters. The van der Waals surface area contributed by atoms with Crippen LogP contribution in [0.3, 0.4) is 0 Å². The topological polar surface area (TPSA) is 86.6 Å². The molecule has 0 saturated heterocycles. The normalized spacial score (nSPS) is 10.2. The van der Waals surface area contributed by atoms with Crippen molar-refractivity contribution >= 4 is 29.2 Å². The second-order valence-electron chi connectivity index (χ2n) is 4.11. The van der Waals surface area contributed by atoms with E-state index in [2.05, 4.69) is 5.32 Å². The maximum absolute atomic E-state index is 13.6. The van der Waals surface area contributed by atoms with Crippen LogP contribution in [0.2, 0.25) is 5.02 Å². The lowest BCUT2D eigenvalue weighted by Gasteiger charge is -2.09. The summed E-state index contributed by atoms with van der Waals surface area (Å²) in [5.74, 6) is -3.35. The van der Waals surface area contributed by atoms with Crippen LogP contribution in [0.4, 0.5) is 10.1 Å². The summed E-state index contributed by atoms with van der Waals surface area (Å²) in [6.45, 7) is 0. The second kappa shape index (κ2) is 5.80. The van der Waals surface area contributed by atoms with Crippen LogP contribution >= 0.6 is 11.6 Å². The summed E-state index contributed by atoms with van der Waals surface area (Å²) in [5.41, 5.74) is -0.552. The van der Waals surface area contributed by atoms with Crippen LogP contribution in [0.15, 0.2) is 36.4 Å². The smallest absolute Gasteiger partial charge is 0.337 e. The summed E-state index contributed by atoms with van der Waals surface area (Å²) in [6.07, 6.45) is 0. The van der Waals surface area contributed by atoms with Crippen LogP contribution in [0.1, 0.15) is 20.7 Å². The van der Waals surface area contributed by atoms with Gasteiger partial charge in [-0.15, -0.1) is 0 Å². The fraction of sp³-hybridized carbons (Fsp3) is 0. The number of carboxylic acids is 1. The number of carboxylic acid groups (broad SMARTS) is 1. The number of hydrogen-bond donors (Lipinski definition) is 3. The van der Waals surface area contributed by atoms with Crippen molar-refractivity contribution in [2.24, 2.45) is 0 Å². The number of anilines is 1. The molecular weight excluding hydrogens is 301 g/mol. The first-order valence-corrected chi connectivity index (χ1v) is 6.09. The summed E-state index contributed by atoms with van der Waals surface area (Å²) in [5, 5.41) is 20.6. The Balaban J connectivity index is 2.35. The molecule has 7 heteroatoms. The molecule has 5 nitrogen and oxygen atoms in total. The van der Waals surface area contributed by atoms with Gasteiger partial charge in [-0.05, 0) is 30.3 Å². The van der Waals surface area contributed by atoms with Gasteiger partial charge in [0.05, 0.1) is 16.8 Å². The van der Waals surface area contributed by atoms with Crippen LogP contribution in [0.25, 0.3) is 0 Å². The highest BCUT2D eigenvalue weighted by Gasteiger charge is 2.16. The number of carbonyl (C=O) groups excluding carboxylic acids is 1. The standard InChI is InChI=1S/C14H9ClFNO4/c15-7-1-3-10(14(20)21)12(5-7)17-13(19)9-4-2-8(18)6-11(9)16/h1-6,18H,(H,17,19)(H,20,21). The lowest BCUT2D eigenvalue weighted by Crippen LogP contribution is -2.16.